The van der Waals surface area contributed by atoms with Gasteiger partial charge in [0.25, 0.3) is 15.9 Å². The van der Waals surface area contributed by atoms with Crippen molar-refractivity contribution in [1.29, 1.82) is 5.26 Å². The van der Waals surface area contributed by atoms with E-state index in [4.69, 9.17) is 26.3 Å². The Morgan fingerprint density at radius 2 is 1.87 bits per heavy atom. The summed E-state index contributed by atoms with van der Waals surface area (Å²) in [6.07, 6.45) is 0.00165. The molecule has 0 saturated heterocycles. The highest BCUT2D eigenvalue weighted by atomic mass is 79.9. The van der Waals surface area contributed by atoms with Gasteiger partial charge in [-0.25, -0.2) is 13.1 Å². The zero-order valence-corrected chi connectivity index (χ0v) is 23.1. The molecule has 13 heteroatoms. The second-order valence-electron chi connectivity index (χ2n) is 7.77. The van der Waals surface area contributed by atoms with Crippen molar-refractivity contribution in [2.24, 2.45) is 0 Å². The fourth-order valence-corrected chi connectivity index (χ4v) is 4.83. The van der Waals surface area contributed by atoms with Crippen molar-refractivity contribution in [3.05, 3.63) is 75.0 Å². The van der Waals surface area contributed by atoms with E-state index in [0.717, 1.165) is 0 Å². The van der Waals surface area contributed by atoms with Crippen LogP contribution in [0.25, 0.3) is 0 Å². The molecule has 0 aromatic heterocycles. The van der Waals surface area contributed by atoms with E-state index in [1.165, 1.54) is 55.5 Å². The second kappa shape index (κ2) is 12.3. The van der Waals surface area contributed by atoms with Gasteiger partial charge in [-0.2, -0.15) is 9.65 Å². The average molecular weight is 625 g/mol. The van der Waals surface area contributed by atoms with Crippen LogP contribution in [0.3, 0.4) is 0 Å². The van der Waals surface area contributed by atoms with Crippen molar-refractivity contribution in [3.63, 3.8) is 0 Å². The summed E-state index contributed by atoms with van der Waals surface area (Å²) in [5, 5.41) is 11.9. The number of nitriles is 1. The van der Waals surface area contributed by atoms with Crippen LogP contribution in [0.4, 0.5) is 10.1 Å². The lowest BCUT2D eigenvalue weighted by molar-refractivity contribution is -0.119. The van der Waals surface area contributed by atoms with E-state index in [9.17, 15) is 18.0 Å². The van der Waals surface area contributed by atoms with Crippen LogP contribution in [-0.2, 0) is 19.6 Å². The van der Waals surface area contributed by atoms with Gasteiger partial charge in [-0.15, -0.1) is 0 Å². The third-order valence-corrected chi connectivity index (χ3v) is 7.16. The van der Waals surface area contributed by atoms with E-state index in [2.05, 4.69) is 21.2 Å². The van der Waals surface area contributed by atoms with Crippen LogP contribution in [-0.4, -0.2) is 26.8 Å². The van der Waals surface area contributed by atoms with Crippen LogP contribution in [0.2, 0.25) is 5.02 Å². The van der Waals surface area contributed by atoms with E-state index in [-0.39, 0.29) is 43.6 Å². The zero-order chi connectivity index (χ0) is 28.0. The molecule has 0 fully saturated rings. The molecule has 3 aromatic carbocycles. The number of hydrogen-bond donors (Lipinski definition) is 2. The Morgan fingerprint density at radius 3 is 2.53 bits per heavy atom. The molecule has 0 radical (unpaired) electrons. The number of hydrogen-bond acceptors (Lipinski definition) is 7. The molecule has 2 N–H and O–H groups in total. The Kier molecular flexibility index (Phi) is 9.32. The third kappa shape index (κ3) is 7.22. The Labute approximate surface area is 231 Å². The summed E-state index contributed by atoms with van der Waals surface area (Å²) in [6, 6.07) is 12.8. The lowest BCUT2D eigenvalue weighted by Gasteiger charge is -2.14. The average Bonchev–Trinajstić information content (AvgIpc) is 2.86. The SMILES string of the molecule is CCC(=O)NS(=O)(=O)c1ccc(NC(=O)COc2ccc(Br)c(Oc3cc(Cl)cc(C#N)c3)c2F)c(C)c1. The number of rotatable bonds is 9. The van der Waals surface area contributed by atoms with Gasteiger partial charge in [-0.1, -0.05) is 18.5 Å². The topological polar surface area (TPSA) is 135 Å². The zero-order valence-electron chi connectivity index (χ0n) is 20.0. The summed E-state index contributed by atoms with van der Waals surface area (Å²) in [4.78, 5) is 23.8. The highest BCUT2D eigenvalue weighted by molar-refractivity contribution is 9.10. The fourth-order valence-electron chi connectivity index (χ4n) is 3.08. The molecule has 0 atom stereocenters. The van der Waals surface area contributed by atoms with E-state index in [1.807, 2.05) is 10.8 Å². The van der Waals surface area contributed by atoms with Crippen LogP contribution in [0.1, 0.15) is 24.5 Å². The molecule has 38 heavy (non-hydrogen) atoms. The molecule has 0 saturated carbocycles. The number of anilines is 1. The van der Waals surface area contributed by atoms with E-state index in [1.54, 1.807) is 6.92 Å². The molecule has 3 aromatic rings. The number of aryl methyl sites for hydroxylation is 1. The van der Waals surface area contributed by atoms with Crippen LogP contribution in [0.15, 0.2) is 57.9 Å². The second-order valence-corrected chi connectivity index (χ2v) is 10.7. The highest BCUT2D eigenvalue weighted by Crippen LogP contribution is 2.38. The van der Waals surface area contributed by atoms with E-state index < -0.39 is 34.3 Å². The minimum Gasteiger partial charge on any atom is -0.481 e. The minimum absolute atomic E-state index is 0.00165. The Balaban J connectivity index is 1.70. The van der Waals surface area contributed by atoms with Gasteiger partial charge in [0.1, 0.15) is 5.75 Å². The first kappa shape index (κ1) is 28.9. The Bertz CT molecular complexity index is 1560. The van der Waals surface area contributed by atoms with Crippen molar-refractivity contribution in [2.75, 3.05) is 11.9 Å². The van der Waals surface area contributed by atoms with Crippen molar-refractivity contribution < 1.29 is 31.9 Å². The molecule has 0 aliphatic heterocycles. The number of halogens is 3. The molecular weight excluding hydrogens is 605 g/mol. The molecule has 0 aliphatic carbocycles. The van der Waals surface area contributed by atoms with Crippen molar-refractivity contribution in [2.45, 2.75) is 25.2 Å². The molecule has 3 rings (SSSR count). The summed E-state index contributed by atoms with van der Waals surface area (Å²) >= 11 is 9.17. The van der Waals surface area contributed by atoms with E-state index in [0.29, 0.717) is 11.3 Å². The molecule has 0 heterocycles. The highest BCUT2D eigenvalue weighted by Gasteiger charge is 2.20. The first-order chi connectivity index (χ1) is 17.9. The molecular formula is C25H20BrClFN3O6S. The van der Waals surface area contributed by atoms with Gasteiger partial charge in [0.15, 0.2) is 18.1 Å². The predicted octanol–water partition coefficient (Wildman–Crippen LogP) is 5.45. The molecule has 9 nitrogen and oxygen atoms in total. The number of amides is 2. The summed E-state index contributed by atoms with van der Waals surface area (Å²) in [7, 11) is -4.04. The van der Waals surface area contributed by atoms with Gasteiger partial charge in [0, 0.05) is 17.1 Å². The molecule has 0 spiro atoms. The van der Waals surface area contributed by atoms with Gasteiger partial charge in [0.05, 0.1) is 21.0 Å². The normalized spacial score (nSPS) is 10.8. The van der Waals surface area contributed by atoms with Crippen molar-refractivity contribution in [1.82, 2.24) is 4.72 Å². The number of sulfonamides is 1. The quantitative estimate of drug-likeness (QED) is 0.323. The first-order valence-electron chi connectivity index (χ1n) is 10.9. The third-order valence-electron chi connectivity index (χ3n) is 4.94. The van der Waals surface area contributed by atoms with Crippen LogP contribution in [0, 0.1) is 24.1 Å². The maximum atomic E-state index is 15.1. The number of carbonyl (C=O) groups excluding carboxylic acids is 2. The number of nitrogens with zero attached hydrogens (tertiary/aromatic N) is 1. The Hall–Kier alpha value is -3.66. The number of benzene rings is 3. The number of ether oxygens (including phenoxy) is 2. The van der Waals surface area contributed by atoms with Crippen molar-refractivity contribution in [3.8, 4) is 23.3 Å². The van der Waals surface area contributed by atoms with Gasteiger partial charge in [-0.05, 0) is 76.9 Å². The summed E-state index contributed by atoms with van der Waals surface area (Å²) in [5.41, 5.74) is 0.933. The number of carbonyl (C=O) groups is 2. The van der Waals surface area contributed by atoms with Gasteiger partial charge in [0.2, 0.25) is 11.7 Å². The first-order valence-corrected chi connectivity index (χ1v) is 13.5. The Morgan fingerprint density at radius 1 is 1.13 bits per heavy atom. The smallest absolute Gasteiger partial charge is 0.264 e. The maximum Gasteiger partial charge on any atom is 0.264 e. The standard InChI is InChI=1S/C25H20BrClFN3O6S/c1-3-22(32)31-38(34,35)18-4-6-20(14(2)8-18)30-23(33)13-36-21-7-5-19(26)25(24(21)28)37-17-10-15(12-29)9-16(27)11-17/h4-11H,3,13H2,1-2H3,(H,30,33)(H,31,32). The largest absolute Gasteiger partial charge is 0.481 e. The number of nitrogens with one attached hydrogen (secondary N) is 2. The summed E-state index contributed by atoms with van der Waals surface area (Å²) in [5.74, 6) is -2.57. The van der Waals surface area contributed by atoms with Crippen molar-refractivity contribution >= 4 is 55.1 Å². The molecule has 198 valence electrons. The summed E-state index contributed by atoms with van der Waals surface area (Å²) in [6.45, 7) is 2.53. The van der Waals surface area contributed by atoms with Gasteiger partial charge in [-0.3, -0.25) is 9.59 Å². The molecule has 0 bridgehead atoms. The molecule has 2 amide bonds. The molecule has 0 unspecified atom stereocenters. The monoisotopic (exact) mass is 623 g/mol. The predicted molar refractivity (Wildman–Crippen MR) is 141 cm³/mol. The van der Waals surface area contributed by atoms with Gasteiger partial charge >= 0.3 is 0 Å². The molecule has 0 aliphatic rings. The van der Waals surface area contributed by atoms with Crippen LogP contribution >= 0.6 is 27.5 Å². The van der Waals surface area contributed by atoms with E-state index >= 15 is 4.39 Å². The lowest BCUT2D eigenvalue weighted by atomic mass is 10.2. The minimum atomic E-state index is -4.04. The van der Waals surface area contributed by atoms with Gasteiger partial charge < -0.3 is 14.8 Å². The van der Waals surface area contributed by atoms with Crippen LogP contribution < -0.4 is 19.5 Å². The fraction of sp³-hybridized carbons (Fsp3) is 0.160. The van der Waals surface area contributed by atoms with Crippen LogP contribution in [0.5, 0.6) is 17.2 Å². The summed E-state index contributed by atoms with van der Waals surface area (Å²) < 4.78 is 52.8. The maximum absolute atomic E-state index is 15.1. The lowest BCUT2D eigenvalue weighted by Crippen LogP contribution is -2.29.